The fourth-order valence-electron chi connectivity index (χ4n) is 3.99. The first-order valence-corrected chi connectivity index (χ1v) is 9.59. The van der Waals surface area contributed by atoms with E-state index >= 15 is 0 Å². The molecule has 5 heteroatoms. The Balaban J connectivity index is 1.55. The monoisotopic (exact) mass is 374 g/mol. The van der Waals surface area contributed by atoms with Crippen molar-refractivity contribution in [1.82, 2.24) is 0 Å². The summed E-state index contributed by atoms with van der Waals surface area (Å²) in [7, 11) is 3.22. The highest BCUT2D eigenvalue weighted by Gasteiger charge is 2.30. The van der Waals surface area contributed by atoms with E-state index in [0.29, 0.717) is 11.5 Å². The lowest BCUT2D eigenvalue weighted by Crippen LogP contribution is -3.13. The van der Waals surface area contributed by atoms with Gasteiger partial charge < -0.3 is 19.5 Å². The van der Waals surface area contributed by atoms with Gasteiger partial charge in [0, 0.05) is 24.8 Å². The van der Waals surface area contributed by atoms with Crippen LogP contribution < -0.4 is 14.4 Å². The molecule has 0 spiro atoms. The largest absolute Gasteiger partial charge is 0.493 e. The van der Waals surface area contributed by atoms with Gasteiger partial charge >= 0.3 is 0 Å². The first kappa shape index (κ1) is 19.6. The fraction of sp³-hybridized carbons (Fsp3) is 0.455. The molecule has 0 saturated carbocycles. The van der Waals surface area contributed by atoms with Gasteiger partial charge in [0.15, 0.2) is 11.5 Å². The van der Waals surface area contributed by atoms with Crippen LogP contribution in [-0.2, 0) is 6.42 Å². The van der Waals surface area contributed by atoms with Gasteiger partial charge in [0.05, 0.1) is 40.0 Å². The molecule has 1 atom stereocenters. The number of aliphatic hydroxyl groups excluding tert-OH is 1. The van der Waals surface area contributed by atoms with Gasteiger partial charge in [0.25, 0.3) is 0 Å². The van der Waals surface area contributed by atoms with Crippen LogP contribution in [0.25, 0.3) is 0 Å². The van der Waals surface area contributed by atoms with Crippen LogP contribution in [0.15, 0.2) is 42.5 Å². The summed E-state index contributed by atoms with van der Waals surface area (Å²) in [5, 5.41) is 10.9. The first-order chi connectivity index (χ1) is 13.1. The molecule has 27 heavy (non-hydrogen) atoms. The van der Waals surface area contributed by atoms with E-state index in [0.717, 1.165) is 44.5 Å². The molecule has 1 saturated heterocycles. The molecule has 146 valence electrons. The van der Waals surface area contributed by atoms with Gasteiger partial charge in [-0.25, -0.2) is 4.39 Å². The molecule has 1 fully saturated rings. The van der Waals surface area contributed by atoms with Crippen LogP contribution >= 0.6 is 0 Å². The number of hydrogen-bond acceptors (Lipinski definition) is 3. The fourth-order valence-corrected chi connectivity index (χ4v) is 3.99. The average molecular weight is 374 g/mol. The summed E-state index contributed by atoms with van der Waals surface area (Å²) in [5.74, 6) is 1.31. The van der Waals surface area contributed by atoms with E-state index < -0.39 is 6.10 Å². The van der Waals surface area contributed by atoms with Crippen molar-refractivity contribution in [1.29, 1.82) is 0 Å². The highest BCUT2D eigenvalue weighted by atomic mass is 19.1. The van der Waals surface area contributed by atoms with Crippen molar-refractivity contribution in [2.45, 2.75) is 25.4 Å². The number of methoxy groups -OCH3 is 2. The molecule has 2 N–H and O–H groups in total. The number of quaternary nitrogens is 1. The second kappa shape index (κ2) is 9.20. The zero-order chi connectivity index (χ0) is 19.2. The number of nitrogens with one attached hydrogen (secondary N) is 1. The first-order valence-electron chi connectivity index (χ1n) is 9.59. The molecule has 1 aliphatic heterocycles. The number of halogens is 1. The Bertz CT molecular complexity index is 727. The average Bonchev–Trinajstić information content (AvgIpc) is 2.72. The molecule has 0 aliphatic carbocycles. The number of likely N-dealkylation sites (tertiary alicyclic amines) is 1. The van der Waals surface area contributed by atoms with Gasteiger partial charge in [-0.1, -0.05) is 24.3 Å². The summed E-state index contributed by atoms with van der Waals surface area (Å²) in [5.41, 5.74) is 1.98. The van der Waals surface area contributed by atoms with E-state index in [-0.39, 0.29) is 11.7 Å². The molecule has 0 radical (unpaired) electrons. The zero-order valence-corrected chi connectivity index (χ0v) is 16.1. The second-order valence-corrected chi connectivity index (χ2v) is 7.24. The maximum atomic E-state index is 13.0. The molecular weight excluding hydrogens is 345 g/mol. The van der Waals surface area contributed by atoms with Gasteiger partial charge in [0.1, 0.15) is 5.82 Å². The Hall–Kier alpha value is -2.11. The van der Waals surface area contributed by atoms with Crippen molar-refractivity contribution in [3.8, 4) is 11.5 Å². The van der Waals surface area contributed by atoms with Crippen molar-refractivity contribution in [3.05, 3.63) is 59.4 Å². The molecule has 2 aromatic carbocycles. The van der Waals surface area contributed by atoms with Crippen LogP contribution in [0.3, 0.4) is 0 Å². The van der Waals surface area contributed by atoms with Crippen molar-refractivity contribution in [2.24, 2.45) is 5.92 Å². The van der Waals surface area contributed by atoms with Crippen LogP contribution in [0.2, 0.25) is 0 Å². The third kappa shape index (κ3) is 4.79. The van der Waals surface area contributed by atoms with Gasteiger partial charge in [-0.2, -0.15) is 0 Å². The molecule has 3 rings (SSSR count). The zero-order valence-electron chi connectivity index (χ0n) is 16.1. The molecule has 0 amide bonds. The lowest BCUT2D eigenvalue weighted by Gasteiger charge is -2.32. The summed E-state index contributed by atoms with van der Waals surface area (Å²) in [6.07, 6.45) is 2.35. The summed E-state index contributed by atoms with van der Waals surface area (Å²) >= 11 is 0. The van der Waals surface area contributed by atoms with E-state index in [1.54, 1.807) is 19.1 Å². The number of hydrogen-bond donors (Lipinski definition) is 2. The Labute approximate surface area is 160 Å². The Morgan fingerprint density at radius 2 is 1.78 bits per heavy atom. The minimum atomic E-state index is -0.548. The van der Waals surface area contributed by atoms with Crippen molar-refractivity contribution in [2.75, 3.05) is 33.9 Å². The number of para-hydroxylation sites is 1. The number of aliphatic hydroxyl groups is 1. The predicted octanol–water partition coefficient (Wildman–Crippen LogP) is 2.41. The number of ether oxygens (including phenoxy) is 2. The molecule has 4 nitrogen and oxygen atoms in total. The molecule has 2 aromatic rings. The number of benzene rings is 2. The van der Waals surface area contributed by atoms with Crippen LogP contribution in [0.1, 0.15) is 30.1 Å². The lowest BCUT2D eigenvalue weighted by atomic mass is 9.87. The quantitative estimate of drug-likeness (QED) is 0.782. The summed E-state index contributed by atoms with van der Waals surface area (Å²) in [6.45, 7) is 3.11. The highest BCUT2D eigenvalue weighted by molar-refractivity contribution is 5.47. The SMILES string of the molecule is COc1cccc([C@@H](O)C2CC[NH+](CCc3ccc(F)cc3)CC2)c1OC. The van der Waals surface area contributed by atoms with E-state index in [9.17, 15) is 9.50 Å². The number of rotatable bonds is 7. The Kier molecular flexibility index (Phi) is 6.69. The molecular formula is C22H29FNO3+. The maximum absolute atomic E-state index is 13.0. The smallest absolute Gasteiger partial charge is 0.166 e. The van der Waals surface area contributed by atoms with Crippen LogP contribution in [-0.4, -0.2) is 39.0 Å². The van der Waals surface area contributed by atoms with Gasteiger partial charge in [0.2, 0.25) is 0 Å². The molecule has 0 aromatic heterocycles. The van der Waals surface area contributed by atoms with E-state index in [1.165, 1.54) is 17.7 Å². The summed E-state index contributed by atoms with van der Waals surface area (Å²) < 4.78 is 23.8. The molecule has 1 heterocycles. The van der Waals surface area contributed by atoms with Crippen molar-refractivity contribution < 1.29 is 23.9 Å². The predicted molar refractivity (Wildman–Crippen MR) is 103 cm³/mol. The van der Waals surface area contributed by atoms with E-state index in [1.807, 2.05) is 30.3 Å². The minimum absolute atomic E-state index is 0.186. The third-order valence-corrected chi connectivity index (χ3v) is 5.62. The molecule has 1 aliphatic rings. The van der Waals surface area contributed by atoms with Gasteiger partial charge in [-0.3, -0.25) is 0 Å². The number of piperidine rings is 1. The Morgan fingerprint density at radius 1 is 1.07 bits per heavy atom. The standard InChI is InChI=1S/C22H28FNO3/c1-26-20-5-3-4-19(22(20)27-2)21(25)17-11-14-24(15-12-17)13-10-16-6-8-18(23)9-7-16/h3-9,17,21,25H,10-15H2,1-2H3/p+1/t21-/m0/s1. The van der Waals surface area contributed by atoms with Crippen LogP contribution in [0.4, 0.5) is 4.39 Å². The Morgan fingerprint density at radius 3 is 2.41 bits per heavy atom. The minimum Gasteiger partial charge on any atom is -0.493 e. The third-order valence-electron chi connectivity index (χ3n) is 5.62. The van der Waals surface area contributed by atoms with Crippen LogP contribution in [0.5, 0.6) is 11.5 Å². The highest BCUT2D eigenvalue weighted by Crippen LogP contribution is 2.39. The van der Waals surface area contributed by atoms with Crippen molar-refractivity contribution in [3.63, 3.8) is 0 Å². The molecule has 0 bridgehead atoms. The van der Waals surface area contributed by atoms with E-state index in [4.69, 9.17) is 9.47 Å². The van der Waals surface area contributed by atoms with E-state index in [2.05, 4.69) is 0 Å². The normalized spacial score (nSPS) is 20.9. The second-order valence-electron chi connectivity index (χ2n) is 7.24. The topological polar surface area (TPSA) is 43.1 Å². The van der Waals surface area contributed by atoms with Gasteiger partial charge in [-0.05, 0) is 29.7 Å². The van der Waals surface area contributed by atoms with Crippen molar-refractivity contribution >= 4 is 0 Å². The summed E-state index contributed by atoms with van der Waals surface area (Å²) in [4.78, 5) is 1.54. The summed E-state index contributed by atoms with van der Waals surface area (Å²) in [6, 6.07) is 12.4. The van der Waals surface area contributed by atoms with Crippen LogP contribution in [0, 0.1) is 11.7 Å². The van der Waals surface area contributed by atoms with Gasteiger partial charge in [-0.15, -0.1) is 0 Å². The molecule has 0 unspecified atom stereocenters. The maximum Gasteiger partial charge on any atom is 0.166 e. The lowest BCUT2D eigenvalue weighted by molar-refractivity contribution is -0.906.